The summed E-state index contributed by atoms with van der Waals surface area (Å²) in [5.41, 5.74) is 1.23. The molecule has 86 valence electrons. The molecule has 1 saturated heterocycles. The van der Waals surface area contributed by atoms with Crippen LogP contribution in [0.15, 0.2) is 11.6 Å². The Labute approximate surface area is 91.1 Å². The Hall–Kier alpha value is -0.830. The Bertz CT molecular complexity index is 241. The van der Waals surface area contributed by atoms with Crippen LogP contribution < -0.4 is 0 Å². The van der Waals surface area contributed by atoms with Crippen LogP contribution in [0.25, 0.3) is 0 Å². The summed E-state index contributed by atoms with van der Waals surface area (Å²) in [4.78, 5) is 11.4. The lowest BCUT2D eigenvalue weighted by Crippen LogP contribution is -2.30. The van der Waals surface area contributed by atoms with Crippen molar-refractivity contribution in [2.75, 3.05) is 13.2 Å². The van der Waals surface area contributed by atoms with Gasteiger partial charge in [0.1, 0.15) is 0 Å². The van der Waals surface area contributed by atoms with E-state index in [1.165, 1.54) is 5.57 Å². The molecule has 1 fully saturated rings. The number of esters is 1. The molecule has 1 heterocycles. The van der Waals surface area contributed by atoms with Crippen molar-refractivity contribution in [1.82, 2.24) is 0 Å². The first kappa shape index (κ1) is 12.2. The van der Waals surface area contributed by atoms with Crippen LogP contribution in [-0.2, 0) is 9.53 Å². The lowest BCUT2D eigenvalue weighted by molar-refractivity contribution is -0.156. The van der Waals surface area contributed by atoms with Gasteiger partial charge in [-0.3, -0.25) is 4.79 Å². The Morgan fingerprint density at radius 3 is 2.93 bits per heavy atom. The number of aliphatic hydroxyl groups excluding tert-OH is 1. The molecule has 0 aliphatic carbocycles. The zero-order valence-corrected chi connectivity index (χ0v) is 9.53. The second-order valence-corrected chi connectivity index (χ2v) is 4.46. The highest BCUT2D eigenvalue weighted by Crippen LogP contribution is 2.26. The number of carbonyl (C=O) groups excluding carboxylic acids is 1. The van der Waals surface area contributed by atoms with Gasteiger partial charge in [-0.1, -0.05) is 11.6 Å². The lowest BCUT2D eigenvalue weighted by Gasteiger charge is -2.27. The zero-order chi connectivity index (χ0) is 11.3. The SMILES string of the molecule is CC(C)=CC[C@H]1C[C@@H](CCO)COC1=O. The van der Waals surface area contributed by atoms with E-state index in [4.69, 9.17) is 9.84 Å². The maximum atomic E-state index is 11.4. The molecule has 3 nitrogen and oxygen atoms in total. The molecule has 0 saturated carbocycles. The molecule has 0 unspecified atom stereocenters. The van der Waals surface area contributed by atoms with Crippen LogP contribution in [0.5, 0.6) is 0 Å². The smallest absolute Gasteiger partial charge is 0.309 e. The first-order valence-corrected chi connectivity index (χ1v) is 5.54. The van der Waals surface area contributed by atoms with Crippen molar-refractivity contribution in [3.63, 3.8) is 0 Å². The summed E-state index contributed by atoms with van der Waals surface area (Å²) in [5.74, 6) is 0.246. The van der Waals surface area contributed by atoms with Crippen LogP contribution in [0.3, 0.4) is 0 Å². The molecule has 0 amide bonds. The predicted octanol–water partition coefficient (Wildman–Crippen LogP) is 1.90. The third-order valence-corrected chi connectivity index (χ3v) is 2.76. The van der Waals surface area contributed by atoms with Crippen LogP contribution in [-0.4, -0.2) is 24.3 Å². The average molecular weight is 212 g/mol. The van der Waals surface area contributed by atoms with Gasteiger partial charge in [-0.2, -0.15) is 0 Å². The minimum absolute atomic E-state index is 0.00907. The number of cyclic esters (lactones) is 1. The van der Waals surface area contributed by atoms with Gasteiger partial charge < -0.3 is 9.84 Å². The quantitative estimate of drug-likeness (QED) is 0.572. The molecule has 0 aromatic rings. The van der Waals surface area contributed by atoms with Gasteiger partial charge in [-0.05, 0) is 39.0 Å². The maximum Gasteiger partial charge on any atom is 0.309 e. The number of hydrogen-bond donors (Lipinski definition) is 1. The monoisotopic (exact) mass is 212 g/mol. The van der Waals surface area contributed by atoms with E-state index in [0.717, 1.165) is 19.3 Å². The first-order chi connectivity index (χ1) is 7.13. The number of hydrogen-bond acceptors (Lipinski definition) is 3. The van der Waals surface area contributed by atoms with Crippen LogP contribution in [0.4, 0.5) is 0 Å². The molecule has 1 rings (SSSR count). The Morgan fingerprint density at radius 2 is 2.33 bits per heavy atom. The van der Waals surface area contributed by atoms with Gasteiger partial charge in [0.2, 0.25) is 0 Å². The fraction of sp³-hybridized carbons (Fsp3) is 0.750. The maximum absolute atomic E-state index is 11.4. The fourth-order valence-electron chi connectivity index (χ4n) is 1.84. The molecule has 0 radical (unpaired) electrons. The summed E-state index contributed by atoms with van der Waals surface area (Å²) >= 11 is 0. The zero-order valence-electron chi connectivity index (χ0n) is 9.53. The third kappa shape index (κ3) is 4.04. The van der Waals surface area contributed by atoms with E-state index >= 15 is 0 Å². The van der Waals surface area contributed by atoms with Crippen LogP contribution >= 0.6 is 0 Å². The van der Waals surface area contributed by atoms with Gasteiger partial charge in [-0.25, -0.2) is 0 Å². The van der Waals surface area contributed by atoms with Gasteiger partial charge in [0.15, 0.2) is 0 Å². The fourth-order valence-corrected chi connectivity index (χ4v) is 1.84. The molecule has 0 aromatic carbocycles. The average Bonchev–Trinajstić information content (AvgIpc) is 2.19. The van der Waals surface area contributed by atoms with E-state index in [9.17, 15) is 4.79 Å². The van der Waals surface area contributed by atoms with Crippen molar-refractivity contribution in [3.05, 3.63) is 11.6 Å². The Morgan fingerprint density at radius 1 is 1.60 bits per heavy atom. The van der Waals surface area contributed by atoms with Crippen molar-refractivity contribution in [1.29, 1.82) is 0 Å². The number of allylic oxidation sites excluding steroid dienone is 2. The second kappa shape index (κ2) is 5.91. The molecule has 0 bridgehead atoms. The van der Waals surface area contributed by atoms with E-state index in [1.54, 1.807) is 0 Å². The van der Waals surface area contributed by atoms with E-state index in [1.807, 2.05) is 13.8 Å². The van der Waals surface area contributed by atoms with Gasteiger partial charge in [0, 0.05) is 6.61 Å². The third-order valence-electron chi connectivity index (χ3n) is 2.76. The van der Waals surface area contributed by atoms with Crippen molar-refractivity contribution in [2.24, 2.45) is 11.8 Å². The molecule has 0 aromatic heterocycles. The number of aliphatic hydroxyl groups is 1. The van der Waals surface area contributed by atoms with Crippen molar-refractivity contribution >= 4 is 5.97 Å². The number of carbonyl (C=O) groups is 1. The van der Waals surface area contributed by atoms with E-state index in [2.05, 4.69) is 6.08 Å². The highest BCUT2D eigenvalue weighted by molar-refractivity contribution is 5.73. The number of ether oxygens (including phenoxy) is 1. The van der Waals surface area contributed by atoms with Crippen molar-refractivity contribution in [2.45, 2.75) is 33.1 Å². The first-order valence-electron chi connectivity index (χ1n) is 5.54. The molecular formula is C12H20O3. The molecule has 0 spiro atoms. The van der Waals surface area contributed by atoms with Crippen LogP contribution in [0.1, 0.15) is 33.1 Å². The standard InChI is InChI=1S/C12H20O3/c1-9(2)3-4-11-7-10(5-6-13)8-15-12(11)14/h3,10-11,13H,4-8H2,1-2H3/t10-,11+/m1/s1. The normalized spacial score (nSPS) is 25.9. The van der Waals surface area contributed by atoms with Gasteiger partial charge in [0.25, 0.3) is 0 Å². The topological polar surface area (TPSA) is 46.5 Å². The highest BCUT2D eigenvalue weighted by Gasteiger charge is 2.29. The van der Waals surface area contributed by atoms with Gasteiger partial charge >= 0.3 is 5.97 Å². The second-order valence-electron chi connectivity index (χ2n) is 4.46. The summed E-state index contributed by atoms with van der Waals surface area (Å²) in [6.07, 6.45) is 4.43. The molecular weight excluding hydrogens is 192 g/mol. The summed E-state index contributed by atoms with van der Waals surface area (Å²) < 4.78 is 5.11. The molecule has 1 aliphatic heterocycles. The molecule has 1 aliphatic rings. The number of rotatable bonds is 4. The van der Waals surface area contributed by atoms with Crippen LogP contribution in [0.2, 0.25) is 0 Å². The minimum Gasteiger partial charge on any atom is -0.465 e. The van der Waals surface area contributed by atoms with Crippen molar-refractivity contribution in [3.8, 4) is 0 Å². The molecule has 2 atom stereocenters. The van der Waals surface area contributed by atoms with Gasteiger partial charge in [0.05, 0.1) is 12.5 Å². The largest absolute Gasteiger partial charge is 0.465 e. The molecule has 1 N–H and O–H groups in total. The summed E-state index contributed by atoms with van der Waals surface area (Å²) in [5, 5.41) is 8.84. The molecule has 3 heteroatoms. The van der Waals surface area contributed by atoms with E-state index in [-0.39, 0.29) is 18.5 Å². The summed E-state index contributed by atoms with van der Waals surface area (Å²) in [6, 6.07) is 0. The van der Waals surface area contributed by atoms with Crippen LogP contribution in [0, 0.1) is 11.8 Å². The lowest BCUT2D eigenvalue weighted by atomic mass is 9.88. The summed E-state index contributed by atoms with van der Waals surface area (Å²) in [6.45, 7) is 4.71. The van der Waals surface area contributed by atoms with Crippen molar-refractivity contribution < 1.29 is 14.6 Å². The summed E-state index contributed by atoms with van der Waals surface area (Å²) in [7, 11) is 0. The Kier molecular flexibility index (Phi) is 4.82. The van der Waals surface area contributed by atoms with E-state index < -0.39 is 0 Å². The minimum atomic E-state index is -0.0818. The Balaban J connectivity index is 2.46. The van der Waals surface area contributed by atoms with Gasteiger partial charge in [-0.15, -0.1) is 0 Å². The predicted molar refractivity (Wildman–Crippen MR) is 58.3 cm³/mol. The highest BCUT2D eigenvalue weighted by atomic mass is 16.5. The van der Waals surface area contributed by atoms with E-state index in [0.29, 0.717) is 12.5 Å². The molecule has 15 heavy (non-hydrogen) atoms.